The fraction of sp³-hybridized carbons (Fsp3) is 0.417. The molecule has 1 aliphatic carbocycles. The van der Waals surface area contributed by atoms with E-state index in [4.69, 9.17) is 5.14 Å². The van der Waals surface area contributed by atoms with E-state index in [0.717, 1.165) is 19.3 Å². The third-order valence-corrected chi connectivity index (χ3v) is 4.69. The van der Waals surface area contributed by atoms with Crippen LogP contribution in [0, 0.1) is 0 Å². The second-order valence-corrected chi connectivity index (χ2v) is 7.57. The van der Waals surface area contributed by atoms with Crippen LogP contribution in [0.2, 0.25) is 0 Å². The summed E-state index contributed by atoms with van der Waals surface area (Å²) >= 11 is 3.18. The van der Waals surface area contributed by atoms with Gasteiger partial charge >= 0.3 is 0 Å². The maximum absolute atomic E-state index is 12.1. The van der Waals surface area contributed by atoms with E-state index < -0.39 is 10.0 Å². The number of halogens is 1. The molecule has 1 saturated carbocycles. The molecule has 0 atom stereocenters. The lowest BCUT2D eigenvalue weighted by Crippen LogP contribution is -2.50. The minimum Gasteiger partial charge on any atom is -0.347 e. The predicted octanol–water partition coefficient (Wildman–Crippen LogP) is 1.77. The molecule has 0 heterocycles. The third-order valence-electron chi connectivity index (χ3n) is 3.33. The Labute approximate surface area is 120 Å². The van der Waals surface area contributed by atoms with E-state index in [1.54, 1.807) is 6.07 Å². The molecule has 1 amide bonds. The monoisotopic (exact) mass is 346 g/mol. The van der Waals surface area contributed by atoms with Gasteiger partial charge in [-0.1, -0.05) is 15.9 Å². The Kier molecular flexibility index (Phi) is 3.72. The van der Waals surface area contributed by atoms with Gasteiger partial charge in [0.2, 0.25) is 10.0 Å². The Morgan fingerprint density at radius 1 is 1.37 bits per heavy atom. The van der Waals surface area contributed by atoms with E-state index in [9.17, 15) is 13.2 Å². The quantitative estimate of drug-likeness (QED) is 0.873. The molecule has 0 bridgehead atoms. The fourth-order valence-corrected chi connectivity index (χ4v) is 3.26. The molecular formula is C12H15BrN2O3S. The van der Waals surface area contributed by atoms with Crippen LogP contribution in [0.3, 0.4) is 0 Å². The molecule has 1 aromatic rings. The third kappa shape index (κ3) is 3.34. The van der Waals surface area contributed by atoms with Crippen molar-refractivity contribution in [3.63, 3.8) is 0 Å². The van der Waals surface area contributed by atoms with Gasteiger partial charge in [0.05, 0.1) is 4.90 Å². The van der Waals surface area contributed by atoms with Crippen molar-refractivity contribution >= 4 is 31.9 Å². The zero-order valence-corrected chi connectivity index (χ0v) is 12.8. The van der Waals surface area contributed by atoms with E-state index in [-0.39, 0.29) is 21.9 Å². The van der Waals surface area contributed by atoms with Crippen molar-refractivity contribution in [2.24, 2.45) is 5.14 Å². The molecule has 1 aromatic carbocycles. The predicted molar refractivity (Wildman–Crippen MR) is 75.2 cm³/mol. The fourth-order valence-electron chi connectivity index (χ4n) is 2.04. The summed E-state index contributed by atoms with van der Waals surface area (Å²) in [7, 11) is -3.83. The number of primary sulfonamides is 1. The molecular weight excluding hydrogens is 332 g/mol. The molecule has 0 aliphatic heterocycles. The molecule has 5 nitrogen and oxygen atoms in total. The summed E-state index contributed by atoms with van der Waals surface area (Å²) in [5.41, 5.74) is 0.104. The Hall–Kier alpha value is -0.920. The van der Waals surface area contributed by atoms with E-state index in [1.807, 2.05) is 6.92 Å². The summed E-state index contributed by atoms with van der Waals surface area (Å²) in [6.07, 6.45) is 2.97. The van der Waals surface area contributed by atoms with Gasteiger partial charge in [0.15, 0.2) is 0 Å². The number of hydrogen-bond donors (Lipinski definition) is 2. The summed E-state index contributed by atoms with van der Waals surface area (Å²) < 4.78 is 23.2. The maximum Gasteiger partial charge on any atom is 0.251 e. The average Bonchev–Trinajstić information content (AvgIpc) is 2.24. The van der Waals surface area contributed by atoms with Crippen LogP contribution < -0.4 is 10.5 Å². The van der Waals surface area contributed by atoms with E-state index in [1.165, 1.54) is 12.1 Å². The SMILES string of the molecule is CC1(NC(=O)c2cc(Br)cc(S(N)(=O)=O)c2)CCC1. The number of carbonyl (C=O) groups excluding carboxylic acids is 1. The number of benzene rings is 1. The van der Waals surface area contributed by atoms with Gasteiger partial charge in [-0.2, -0.15) is 0 Å². The number of carbonyl (C=O) groups is 1. The van der Waals surface area contributed by atoms with Gasteiger partial charge in [0.1, 0.15) is 0 Å². The zero-order valence-electron chi connectivity index (χ0n) is 10.4. The Balaban J connectivity index is 2.29. The molecule has 0 aromatic heterocycles. The normalized spacial score (nSPS) is 17.6. The van der Waals surface area contributed by atoms with Crippen LogP contribution in [-0.4, -0.2) is 19.9 Å². The van der Waals surface area contributed by atoms with Gasteiger partial charge in [-0.05, 0) is 44.4 Å². The second kappa shape index (κ2) is 4.88. The first-order chi connectivity index (χ1) is 8.70. The molecule has 3 N–H and O–H groups in total. The minimum atomic E-state index is -3.83. The number of nitrogens with one attached hydrogen (secondary N) is 1. The Morgan fingerprint density at radius 3 is 2.47 bits per heavy atom. The molecule has 0 spiro atoms. The van der Waals surface area contributed by atoms with Crippen molar-refractivity contribution < 1.29 is 13.2 Å². The van der Waals surface area contributed by atoms with Crippen LogP contribution in [0.5, 0.6) is 0 Å². The van der Waals surface area contributed by atoms with Crippen molar-refractivity contribution in [2.75, 3.05) is 0 Å². The zero-order chi connectivity index (χ0) is 14.3. The highest BCUT2D eigenvalue weighted by Gasteiger charge is 2.33. The van der Waals surface area contributed by atoms with Gasteiger partial charge in [-0.3, -0.25) is 4.79 Å². The lowest BCUT2D eigenvalue weighted by Gasteiger charge is -2.39. The first kappa shape index (κ1) is 14.5. The van der Waals surface area contributed by atoms with Crippen molar-refractivity contribution in [2.45, 2.75) is 36.6 Å². The van der Waals surface area contributed by atoms with E-state index >= 15 is 0 Å². The van der Waals surface area contributed by atoms with Gasteiger partial charge in [-0.25, -0.2) is 13.6 Å². The Morgan fingerprint density at radius 2 is 2.00 bits per heavy atom. The van der Waals surface area contributed by atoms with Gasteiger partial charge in [0, 0.05) is 15.6 Å². The number of hydrogen-bond acceptors (Lipinski definition) is 3. The molecule has 1 fully saturated rings. The van der Waals surface area contributed by atoms with Crippen LogP contribution in [0.1, 0.15) is 36.5 Å². The molecule has 7 heteroatoms. The number of amides is 1. The molecule has 2 rings (SSSR count). The maximum atomic E-state index is 12.1. The lowest BCUT2D eigenvalue weighted by molar-refractivity contribution is 0.0850. The summed E-state index contributed by atoms with van der Waals surface area (Å²) in [5, 5.41) is 8.00. The first-order valence-electron chi connectivity index (χ1n) is 5.86. The number of rotatable bonds is 3. The summed E-state index contributed by atoms with van der Waals surface area (Å²) in [4.78, 5) is 12.0. The lowest BCUT2D eigenvalue weighted by atomic mass is 9.78. The van der Waals surface area contributed by atoms with Crippen LogP contribution >= 0.6 is 15.9 Å². The summed E-state index contributed by atoms with van der Waals surface area (Å²) in [6, 6.07) is 4.24. The minimum absolute atomic E-state index is 0.0780. The van der Waals surface area contributed by atoms with Gasteiger partial charge < -0.3 is 5.32 Å². The van der Waals surface area contributed by atoms with Crippen LogP contribution in [0.25, 0.3) is 0 Å². The Bertz CT molecular complexity index is 624. The molecule has 19 heavy (non-hydrogen) atoms. The van der Waals surface area contributed by atoms with Gasteiger partial charge in [-0.15, -0.1) is 0 Å². The highest BCUT2D eigenvalue weighted by molar-refractivity contribution is 9.10. The average molecular weight is 347 g/mol. The van der Waals surface area contributed by atoms with Crippen LogP contribution in [-0.2, 0) is 10.0 Å². The van der Waals surface area contributed by atoms with Crippen LogP contribution in [0.4, 0.5) is 0 Å². The van der Waals surface area contributed by atoms with Crippen LogP contribution in [0.15, 0.2) is 27.6 Å². The molecule has 0 radical (unpaired) electrons. The van der Waals surface area contributed by atoms with Gasteiger partial charge in [0.25, 0.3) is 5.91 Å². The smallest absolute Gasteiger partial charge is 0.251 e. The number of nitrogens with two attached hydrogens (primary N) is 1. The summed E-state index contributed by atoms with van der Waals surface area (Å²) in [5.74, 6) is -0.284. The molecule has 104 valence electrons. The van der Waals surface area contributed by atoms with E-state index in [2.05, 4.69) is 21.2 Å². The summed E-state index contributed by atoms with van der Waals surface area (Å²) in [6.45, 7) is 1.98. The van der Waals surface area contributed by atoms with Crippen molar-refractivity contribution in [3.05, 3.63) is 28.2 Å². The largest absolute Gasteiger partial charge is 0.347 e. The topological polar surface area (TPSA) is 89.3 Å². The highest BCUT2D eigenvalue weighted by Crippen LogP contribution is 2.31. The molecule has 1 aliphatic rings. The molecule has 0 unspecified atom stereocenters. The van der Waals surface area contributed by atoms with Crippen molar-refractivity contribution in [1.29, 1.82) is 0 Å². The standard InChI is InChI=1S/C12H15BrN2O3S/c1-12(3-2-4-12)15-11(16)8-5-9(13)7-10(6-8)19(14,17)18/h5-7H,2-4H2,1H3,(H,15,16)(H2,14,17,18). The van der Waals surface area contributed by atoms with Crippen molar-refractivity contribution in [3.8, 4) is 0 Å². The second-order valence-electron chi connectivity index (χ2n) is 5.09. The molecule has 0 saturated heterocycles. The number of sulfonamides is 1. The first-order valence-corrected chi connectivity index (χ1v) is 8.19. The highest BCUT2D eigenvalue weighted by atomic mass is 79.9. The van der Waals surface area contributed by atoms with Crippen molar-refractivity contribution in [1.82, 2.24) is 5.32 Å². The van der Waals surface area contributed by atoms with E-state index in [0.29, 0.717) is 4.47 Å².